The molecule has 1 atom stereocenters. The third-order valence-electron chi connectivity index (χ3n) is 3.69. The van der Waals surface area contributed by atoms with Crippen molar-refractivity contribution in [2.24, 2.45) is 11.3 Å². The van der Waals surface area contributed by atoms with E-state index in [4.69, 9.17) is 9.84 Å². The van der Waals surface area contributed by atoms with Gasteiger partial charge in [-0.1, -0.05) is 13.8 Å². The van der Waals surface area contributed by atoms with Crippen molar-refractivity contribution in [3.63, 3.8) is 0 Å². The quantitative estimate of drug-likeness (QED) is 0.775. The van der Waals surface area contributed by atoms with Crippen molar-refractivity contribution in [2.45, 2.75) is 26.7 Å². The minimum Gasteiger partial charge on any atom is -0.481 e. The van der Waals surface area contributed by atoms with Crippen molar-refractivity contribution in [2.75, 3.05) is 33.4 Å². The minimum absolute atomic E-state index is 0.141. The Morgan fingerprint density at radius 3 is 2.81 bits per heavy atom. The van der Waals surface area contributed by atoms with Crippen LogP contribution in [0.5, 0.6) is 0 Å². The Hall–Kier alpha value is -0.610. The largest absolute Gasteiger partial charge is 0.481 e. The lowest BCUT2D eigenvalue weighted by atomic mass is 9.72. The first-order valence-electron chi connectivity index (χ1n) is 5.89. The van der Waals surface area contributed by atoms with Crippen LogP contribution in [0.25, 0.3) is 0 Å². The fourth-order valence-electron chi connectivity index (χ4n) is 2.28. The number of likely N-dealkylation sites (tertiary alicyclic amines) is 1. The number of ether oxygens (including phenoxy) is 1. The second-order valence-corrected chi connectivity index (χ2v) is 5.33. The van der Waals surface area contributed by atoms with Crippen molar-refractivity contribution >= 4 is 5.97 Å². The summed E-state index contributed by atoms with van der Waals surface area (Å²) >= 11 is 0. The lowest BCUT2D eigenvalue weighted by Crippen LogP contribution is -2.46. The normalized spacial score (nSPS) is 25.6. The van der Waals surface area contributed by atoms with Crippen molar-refractivity contribution in [3.05, 3.63) is 0 Å². The SMILES string of the molecule is COCCN1CCC(C)(C)C(CC(=O)O)C1. The van der Waals surface area contributed by atoms with Crippen LogP contribution in [-0.4, -0.2) is 49.3 Å². The molecule has 1 aliphatic heterocycles. The van der Waals surface area contributed by atoms with Gasteiger partial charge in [0, 0.05) is 26.6 Å². The summed E-state index contributed by atoms with van der Waals surface area (Å²) in [6.45, 7) is 7.90. The maximum Gasteiger partial charge on any atom is 0.303 e. The van der Waals surface area contributed by atoms with Crippen LogP contribution >= 0.6 is 0 Å². The molecule has 94 valence electrons. The van der Waals surface area contributed by atoms with E-state index >= 15 is 0 Å². The molecule has 0 aliphatic carbocycles. The summed E-state index contributed by atoms with van der Waals surface area (Å²) in [6, 6.07) is 0. The molecule has 1 aliphatic rings. The summed E-state index contributed by atoms with van der Waals surface area (Å²) in [4.78, 5) is 13.1. The van der Waals surface area contributed by atoms with Gasteiger partial charge in [0.15, 0.2) is 0 Å². The van der Waals surface area contributed by atoms with E-state index < -0.39 is 5.97 Å². The van der Waals surface area contributed by atoms with Gasteiger partial charge in [-0.05, 0) is 24.3 Å². The van der Waals surface area contributed by atoms with Crippen LogP contribution in [-0.2, 0) is 9.53 Å². The number of aliphatic carboxylic acids is 1. The number of hydrogen-bond acceptors (Lipinski definition) is 3. The molecule has 16 heavy (non-hydrogen) atoms. The highest BCUT2D eigenvalue weighted by atomic mass is 16.5. The highest BCUT2D eigenvalue weighted by molar-refractivity contribution is 5.67. The molecule has 1 rings (SSSR count). The molecule has 0 amide bonds. The Balaban J connectivity index is 2.52. The molecule has 0 aromatic carbocycles. The number of methoxy groups -OCH3 is 1. The molecule has 0 bridgehead atoms. The lowest BCUT2D eigenvalue weighted by molar-refractivity contribution is -0.140. The van der Waals surface area contributed by atoms with Crippen LogP contribution in [0.2, 0.25) is 0 Å². The van der Waals surface area contributed by atoms with Gasteiger partial charge in [-0.3, -0.25) is 4.79 Å². The minimum atomic E-state index is -0.688. The van der Waals surface area contributed by atoms with E-state index in [1.165, 1.54) is 0 Å². The topological polar surface area (TPSA) is 49.8 Å². The zero-order valence-corrected chi connectivity index (χ0v) is 10.5. The highest BCUT2D eigenvalue weighted by Gasteiger charge is 2.36. The van der Waals surface area contributed by atoms with Crippen LogP contribution in [0.1, 0.15) is 26.7 Å². The van der Waals surface area contributed by atoms with Gasteiger partial charge in [0.1, 0.15) is 0 Å². The number of carbonyl (C=O) groups is 1. The predicted octanol–water partition coefficient (Wildman–Crippen LogP) is 1.46. The van der Waals surface area contributed by atoms with Crippen molar-refractivity contribution in [1.82, 2.24) is 4.90 Å². The van der Waals surface area contributed by atoms with E-state index in [0.717, 1.165) is 32.7 Å². The van der Waals surface area contributed by atoms with Crippen LogP contribution in [0.4, 0.5) is 0 Å². The third-order valence-corrected chi connectivity index (χ3v) is 3.69. The van der Waals surface area contributed by atoms with Gasteiger partial charge in [-0.2, -0.15) is 0 Å². The summed E-state index contributed by atoms with van der Waals surface area (Å²) in [6.07, 6.45) is 1.34. The number of rotatable bonds is 5. The van der Waals surface area contributed by atoms with Crippen LogP contribution in [0.3, 0.4) is 0 Å². The van der Waals surface area contributed by atoms with E-state index in [1.54, 1.807) is 7.11 Å². The number of carboxylic acids is 1. The average molecular weight is 229 g/mol. The number of nitrogens with zero attached hydrogens (tertiary/aromatic N) is 1. The van der Waals surface area contributed by atoms with E-state index in [-0.39, 0.29) is 17.8 Å². The molecule has 1 saturated heterocycles. The predicted molar refractivity (Wildman–Crippen MR) is 62.5 cm³/mol. The molecule has 1 fully saturated rings. The molecular weight excluding hydrogens is 206 g/mol. The molecule has 0 aromatic rings. The molecule has 1 heterocycles. The summed E-state index contributed by atoms with van der Waals surface area (Å²) in [7, 11) is 1.70. The number of piperidine rings is 1. The first-order chi connectivity index (χ1) is 7.45. The van der Waals surface area contributed by atoms with E-state index in [9.17, 15) is 4.79 Å². The maximum absolute atomic E-state index is 10.8. The maximum atomic E-state index is 10.8. The Labute approximate surface area is 97.6 Å². The standard InChI is InChI=1S/C12H23NO3/c1-12(2)4-5-13(6-7-16-3)9-10(12)8-11(14)15/h10H,4-9H2,1-3H3,(H,14,15). The molecule has 0 aromatic heterocycles. The molecule has 0 saturated carbocycles. The molecule has 1 unspecified atom stereocenters. The smallest absolute Gasteiger partial charge is 0.303 e. The highest BCUT2D eigenvalue weighted by Crippen LogP contribution is 2.37. The Morgan fingerprint density at radius 2 is 2.25 bits per heavy atom. The zero-order chi connectivity index (χ0) is 12.2. The molecule has 1 N–H and O–H groups in total. The van der Waals surface area contributed by atoms with Gasteiger partial charge in [0.25, 0.3) is 0 Å². The number of hydrogen-bond donors (Lipinski definition) is 1. The summed E-state index contributed by atoms with van der Waals surface area (Å²) in [5.74, 6) is -0.442. The Morgan fingerprint density at radius 1 is 1.56 bits per heavy atom. The average Bonchev–Trinajstić information content (AvgIpc) is 2.18. The van der Waals surface area contributed by atoms with E-state index in [0.29, 0.717) is 0 Å². The molecular formula is C12H23NO3. The van der Waals surface area contributed by atoms with Gasteiger partial charge in [0.2, 0.25) is 0 Å². The first-order valence-corrected chi connectivity index (χ1v) is 5.89. The molecule has 0 radical (unpaired) electrons. The van der Waals surface area contributed by atoms with Gasteiger partial charge >= 0.3 is 5.97 Å². The van der Waals surface area contributed by atoms with Crippen LogP contribution in [0, 0.1) is 11.3 Å². The summed E-state index contributed by atoms with van der Waals surface area (Å²) in [5, 5.41) is 8.92. The Bertz CT molecular complexity index is 240. The van der Waals surface area contributed by atoms with Gasteiger partial charge in [-0.15, -0.1) is 0 Å². The van der Waals surface area contributed by atoms with Gasteiger partial charge in [-0.25, -0.2) is 0 Å². The van der Waals surface area contributed by atoms with Gasteiger partial charge < -0.3 is 14.7 Å². The Kier molecular flexibility index (Phi) is 4.74. The van der Waals surface area contributed by atoms with E-state index in [1.807, 2.05) is 0 Å². The van der Waals surface area contributed by atoms with Crippen molar-refractivity contribution < 1.29 is 14.6 Å². The summed E-state index contributed by atoms with van der Waals surface area (Å²) in [5.41, 5.74) is 0.141. The fourth-order valence-corrected chi connectivity index (χ4v) is 2.28. The lowest BCUT2D eigenvalue weighted by Gasteiger charge is -2.43. The van der Waals surface area contributed by atoms with Crippen LogP contribution in [0.15, 0.2) is 0 Å². The van der Waals surface area contributed by atoms with E-state index in [2.05, 4.69) is 18.7 Å². The van der Waals surface area contributed by atoms with Gasteiger partial charge in [0.05, 0.1) is 6.61 Å². The summed E-state index contributed by atoms with van der Waals surface area (Å²) < 4.78 is 5.05. The monoisotopic (exact) mass is 229 g/mol. The molecule has 4 heteroatoms. The first kappa shape index (κ1) is 13.5. The van der Waals surface area contributed by atoms with Crippen molar-refractivity contribution in [1.29, 1.82) is 0 Å². The second kappa shape index (κ2) is 5.64. The molecule has 0 spiro atoms. The van der Waals surface area contributed by atoms with Crippen LogP contribution < -0.4 is 0 Å². The number of carboxylic acid groups (broad SMARTS) is 1. The third kappa shape index (κ3) is 3.76. The fraction of sp³-hybridized carbons (Fsp3) is 0.917. The molecule has 4 nitrogen and oxygen atoms in total. The zero-order valence-electron chi connectivity index (χ0n) is 10.5. The van der Waals surface area contributed by atoms with Crippen molar-refractivity contribution in [3.8, 4) is 0 Å². The second-order valence-electron chi connectivity index (χ2n) is 5.33.